The van der Waals surface area contributed by atoms with Crippen LogP contribution in [0, 0.1) is 6.92 Å². The van der Waals surface area contributed by atoms with E-state index in [2.05, 4.69) is 35.7 Å². The second kappa shape index (κ2) is 3.20. The Morgan fingerprint density at radius 1 is 1.27 bits per heavy atom. The van der Waals surface area contributed by atoms with E-state index in [4.69, 9.17) is 11.6 Å². The molecule has 0 radical (unpaired) electrons. The standard InChI is InChI=1S/C11H14ClN3/c1-6-5-13-9-7(6)8(12)14-10(15-9)11(2,3)4/h5H,1-4H3,(H,13,14,15). The van der Waals surface area contributed by atoms with Gasteiger partial charge in [0.1, 0.15) is 16.6 Å². The van der Waals surface area contributed by atoms with Crippen LogP contribution in [0.5, 0.6) is 0 Å². The molecule has 0 spiro atoms. The van der Waals surface area contributed by atoms with E-state index in [1.54, 1.807) is 0 Å². The first kappa shape index (κ1) is 10.4. The summed E-state index contributed by atoms with van der Waals surface area (Å²) in [7, 11) is 0. The fourth-order valence-electron chi connectivity index (χ4n) is 1.47. The van der Waals surface area contributed by atoms with Gasteiger partial charge in [-0.05, 0) is 12.5 Å². The summed E-state index contributed by atoms with van der Waals surface area (Å²) in [6.07, 6.45) is 1.90. The number of halogens is 1. The summed E-state index contributed by atoms with van der Waals surface area (Å²) >= 11 is 6.14. The lowest BCUT2D eigenvalue weighted by Crippen LogP contribution is -2.16. The highest BCUT2D eigenvalue weighted by Gasteiger charge is 2.20. The molecule has 0 aliphatic rings. The third-order valence-corrected chi connectivity index (χ3v) is 2.63. The van der Waals surface area contributed by atoms with Crippen molar-refractivity contribution in [3.05, 3.63) is 22.7 Å². The molecule has 4 heteroatoms. The Balaban J connectivity index is 2.74. The average Bonchev–Trinajstić information content (AvgIpc) is 2.46. The van der Waals surface area contributed by atoms with Gasteiger partial charge in [-0.15, -0.1) is 0 Å². The van der Waals surface area contributed by atoms with Gasteiger partial charge in [0.05, 0.1) is 5.39 Å². The van der Waals surface area contributed by atoms with Crippen LogP contribution in [-0.2, 0) is 5.41 Å². The molecular weight excluding hydrogens is 210 g/mol. The van der Waals surface area contributed by atoms with Crippen molar-refractivity contribution in [2.24, 2.45) is 0 Å². The van der Waals surface area contributed by atoms with Crippen molar-refractivity contribution in [1.29, 1.82) is 0 Å². The smallest absolute Gasteiger partial charge is 0.142 e. The maximum Gasteiger partial charge on any atom is 0.142 e. The molecule has 0 atom stereocenters. The molecule has 0 bridgehead atoms. The molecule has 2 aromatic heterocycles. The maximum absolute atomic E-state index is 6.14. The van der Waals surface area contributed by atoms with Crippen LogP contribution >= 0.6 is 11.6 Å². The van der Waals surface area contributed by atoms with Crippen LogP contribution in [0.4, 0.5) is 0 Å². The van der Waals surface area contributed by atoms with Crippen LogP contribution in [0.2, 0.25) is 5.15 Å². The topological polar surface area (TPSA) is 41.6 Å². The lowest BCUT2D eigenvalue weighted by molar-refractivity contribution is 0.548. The van der Waals surface area contributed by atoms with E-state index in [0.29, 0.717) is 5.15 Å². The van der Waals surface area contributed by atoms with Crippen molar-refractivity contribution < 1.29 is 0 Å². The quantitative estimate of drug-likeness (QED) is 0.697. The van der Waals surface area contributed by atoms with E-state index in [1.165, 1.54) is 0 Å². The van der Waals surface area contributed by atoms with Gasteiger partial charge in [-0.1, -0.05) is 32.4 Å². The molecular formula is C11H14ClN3. The Hall–Kier alpha value is -1.09. The Morgan fingerprint density at radius 3 is 2.53 bits per heavy atom. The Kier molecular flexibility index (Phi) is 2.23. The highest BCUT2D eigenvalue weighted by molar-refractivity contribution is 6.34. The van der Waals surface area contributed by atoms with Crippen molar-refractivity contribution in [2.75, 3.05) is 0 Å². The molecule has 0 saturated carbocycles. The van der Waals surface area contributed by atoms with Crippen LogP contribution < -0.4 is 0 Å². The third-order valence-electron chi connectivity index (χ3n) is 2.36. The number of aromatic nitrogens is 3. The SMILES string of the molecule is Cc1c[nH]c2nc(C(C)(C)C)nc(Cl)c12. The number of fused-ring (bicyclic) bond motifs is 1. The van der Waals surface area contributed by atoms with E-state index < -0.39 is 0 Å². The molecule has 0 aliphatic heterocycles. The van der Waals surface area contributed by atoms with Crippen molar-refractivity contribution in [3.8, 4) is 0 Å². The average molecular weight is 224 g/mol. The number of aryl methyl sites for hydroxylation is 1. The van der Waals surface area contributed by atoms with E-state index in [9.17, 15) is 0 Å². The Morgan fingerprint density at radius 2 is 1.93 bits per heavy atom. The number of H-pyrrole nitrogens is 1. The van der Waals surface area contributed by atoms with Gasteiger partial charge in [0, 0.05) is 11.6 Å². The van der Waals surface area contributed by atoms with Crippen molar-refractivity contribution in [3.63, 3.8) is 0 Å². The van der Waals surface area contributed by atoms with Gasteiger partial charge in [-0.2, -0.15) is 0 Å². The van der Waals surface area contributed by atoms with Crippen LogP contribution in [-0.4, -0.2) is 15.0 Å². The third kappa shape index (κ3) is 1.72. The minimum Gasteiger partial charge on any atom is -0.346 e. The maximum atomic E-state index is 6.14. The summed E-state index contributed by atoms with van der Waals surface area (Å²) in [6, 6.07) is 0. The summed E-state index contributed by atoms with van der Waals surface area (Å²) in [6.45, 7) is 8.20. The fraction of sp³-hybridized carbons (Fsp3) is 0.455. The normalized spacial score (nSPS) is 12.3. The second-order valence-corrected chi connectivity index (χ2v) is 5.14. The molecule has 2 aromatic rings. The molecule has 0 amide bonds. The zero-order valence-corrected chi connectivity index (χ0v) is 10.1. The number of hydrogen-bond donors (Lipinski definition) is 1. The van der Waals surface area contributed by atoms with Gasteiger partial charge in [0.2, 0.25) is 0 Å². The highest BCUT2D eigenvalue weighted by atomic mass is 35.5. The molecule has 3 nitrogen and oxygen atoms in total. The van der Waals surface area contributed by atoms with Crippen LogP contribution in [0.3, 0.4) is 0 Å². The van der Waals surface area contributed by atoms with Crippen LogP contribution in [0.1, 0.15) is 32.2 Å². The molecule has 0 saturated heterocycles. The molecule has 0 aliphatic carbocycles. The number of nitrogens with zero attached hydrogens (tertiary/aromatic N) is 2. The minimum absolute atomic E-state index is 0.0865. The summed E-state index contributed by atoms with van der Waals surface area (Å²) in [4.78, 5) is 11.9. The minimum atomic E-state index is -0.0865. The van der Waals surface area contributed by atoms with E-state index in [0.717, 1.165) is 22.4 Å². The lowest BCUT2D eigenvalue weighted by atomic mass is 9.96. The lowest BCUT2D eigenvalue weighted by Gasteiger charge is -2.16. The van der Waals surface area contributed by atoms with Gasteiger partial charge in [-0.3, -0.25) is 0 Å². The number of hydrogen-bond acceptors (Lipinski definition) is 2. The van der Waals surface area contributed by atoms with Crippen molar-refractivity contribution >= 4 is 22.6 Å². The molecule has 15 heavy (non-hydrogen) atoms. The fourth-order valence-corrected chi connectivity index (χ4v) is 1.79. The molecule has 80 valence electrons. The van der Waals surface area contributed by atoms with Crippen molar-refractivity contribution in [1.82, 2.24) is 15.0 Å². The first-order valence-corrected chi connectivity index (χ1v) is 5.29. The van der Waals surface area contributed by atoms with Crippen LogP contribution in [0.25, 0.3) is 11.0 Å². The Bertz CT molecular complexity index is 508. The van der Waals surface area contributed by atoms with Gasteiger partial charge in [-0.25, -0.2) is 9.97 Å². The molecule has 0 aromatic carbocycles. The molecule has 0 fully saturated rings. The summed E-state index contributed by atoms with van der Waals surface area (Å²) in [5, 5.41) is 1.45. The molecule has 0 unspecified atom stereocenters. The van der Waals surface area contributed by atoms with E-state index in [-0.39, 0.29) is 5.41 Å². The summed E-state index contributed by atoms with van der Waals surface area (Å²) < 4.78 is 0. The van der Waals surface area contributed by atoms with Gasteiger partial charge in [0.15, 0.2) is 0 Å². The predicted molar refractivity (Wildman–Crippen MR) is 62.3 cm³/mol. The first-order chi connectivity index (χ1) is 6.89. The first-order valence-electron chi connectivity index (χ1n) is 4.91. The monoisotopic (exact) mass is 223 g/mol. The molecule has 2 heterocycles. The number of aromatic amines is 1. The zero-order valence-electron chi connectivity index (χ0n) is 9.35. The van der Waals surface area contributed by atoms with Crippen LogP contribution in [0.15, 0.2) is 6.20 Å². The van der Waals surface area contributed by atoms with E-state index in [1.807, 2.05) is 13.1 Å². The van der Waals surface area contributed by atoms with Gasteiger partial charge in [0.25, 0.3) is 0 Å². The highest BCUT2D eigenvalue weighted by Crippen LogP contribution is 2.27. The van der Waals surface area contributed by atoms with Crippen molar-refractivity contribution in [2.45, 2.75) is 33.1 Å². The van der Waals surface area contributed by atoms with Gasteiger partial charge >= 0.3 is 0 Å². The predicted octanol–water partition coefficient (Wildman–Crippen LogP) is 3.22. The number of rotatable bonds is 0. The second-order valence-electron chi connectivity index (χ2n) is 4.78. The van der Waals surface area contributed by atoms with Gasteiger partial charge < -0.3 is 4.98 Å². The largest absolute Gasteiger partial charge is 0.346 e. The summed E-state index contributed by atoms with van der Waals surface area (Å²) in [5.74, 6) is 0.766. The molecule has 1 N–H and O–H groups in total. The summed E-state index contributed by atoms with van der Waals surface area (Å²) in [5.41, 5.74) is 1.81. The Labute approximate surface area is 93.9 Å². The number of nitrogens with one attached hydrogen (secondary N) is 1. The van der Waals surface area contributed by atoms with E-state index >= 15 is 0 Å². The molecule has 2 rings (SSSR count). The zero-order chi connectivity index (χ0) is 11.2.